The van der Waals surface area contributed by atoms with Crippen LogP contribution < -0.4 is 10.1 Å². The van der Waals surface area contributed by atoms with Gasteiger partial charge in [-0.15, -0.1) is 0 Å². The third-order valence-corrected chi connectivity index (χ3v) is 4.45. The van der Waals surface area contributed by atoms with E-state index in [1.165, 1.54) is 0 Å². The van der Waals surface area contributed by atoms with Crippen LogP contribution in [-0.2, 0) is 4.79 Å². The number of amides is 1. The Morgan fingerprint density at radius 2 is 1.68 bits per heavy atom. The van der Waals surface area contributed by atoms with E-state index in [4.69, 9.17) is 4.74 Å². The zero-order valence-electron chi connectivity index (χ0n) is 15.9. The summed E-state index contributed by atoms with van der Waals surface area (Å²) in [7, 11) is 0. The average molecular weight is 339 g/mol. The largest absolute Gasteiger partial charge is 0.481 e. The monoisotopic (exact) mass is 339 g/mol. The van der Waals surface area contributed by atoms with Crippen molar-refractivity contribution in [1.29, 1.82) is 0 Å². The van der Waals surface area contributed by atoms with E-state index in [1.807, 2.05) is 50.2 Å². The molecule has 0 saturated heterocycles. The molecule has 0 aliphatic heterocycles. The van der Waals surface area contributed by atoms with Crippen molar-refractivity contribution in [3.05, 3.63) is 65.2 Å². The number of benzene rings is 2. The molecule has 25 heavy (non-hydrogen) atoms. The molecule has 3 heteroatoms. The Bertz CT molecular complexity index is 694. The van der Waals surface area contributed by atoms with Crippen molar-refractivity contribution in [3.8, 4) is 5.75 Å². The van der Waals surface area contributed by atoms with Gasteiger partial charge in [-0.05, 0) is 55.9 Å². The highest BCUT2D eigenvalue weighted by atomic mass is 16.5. The van der Waals surface area contributed by atoms with Crippen LogP contribution in [0.5, 0.6) is 5.75 Å². The molecule has 0 bridgehead atoms. The van der Waals surface area contributed by atoms with Gasteiger partial charge in [0.15, 0.2) is 6.10 Å². The first-order chi connectivity index (χ1) is 11.9. The molecule has 3 nitrogen and oxygen atoms in total. The molecule has 2 aromatic rings. The van der Waals surface area contributed by atoms with Gasteiger partial charge in [-0.1, -0.05) is 56.3 Å². The summed E-state index contributed by atoms with van der Waals surface area (Å²) in [6, 6.07) is 16.0. The highest BCUT2D eigenvalue weighted by Gasteiger charge is 2.21. The molecule has 0 aliphatic rings. The third kappa shape index (κ3) is 5.35. The second kappa shape index (κ2) is 8.70. The molecule has 2 rings (SSSR count). The molecular weight excluding hydrogens is 310 g/mol. The summed E-state index contributed by atoms with van der Waals surface area (Å²) in [6.45, 7) is 10.2. The molecule has 0 saturated carbocycles. The van der Waals surface area contributed by atoms with Crippen molar-refractivity contribution in [1.82, 2.24) is 5.32 Å². The second-order valence-corrected chi connectivity index (χ2v) is 7.06. The maximum atomic E-state index is 12.7. The Hall–Kier alpha value is -2.29. The van der Waals surface area contributed by atoms with E-state index < -0.39 is 6.10 Å². The third-order valence-electron chi connectivity index (χ3n) is 4.45. The first-order valence-electron chi connectivity index (χ1n) is 8.96. The lowest BCUT2D eigenvalue weighted by Gasteiger charge is -2.24. The summed E-state index contributed by atoms with van der Waals surface area (Å²) in [6.07, 6.45) is 0.352. The number of nitrogens with one attached hydrogen (secondary N) is 1. The van der Waals surface area contributed by atoms with E-state index in [1.54, 1.807) is 6.92 Å². The Balaban J connectivity index is 2.08. The molecule has 0 aliphatic carbocycles. The fraction of sp³-hybridized carbons (Fsp3) is 0.409. The van der Waals surface area contributed by atoms with E-state index in [-0.39, 0.29) is 11.9 Å². The van der Waals surface area contributed by atoms with Crippen molar-refractivity contribution >= 4 is 5.91 Å². The number of carbonyl (C=O) groups is 1. The minimum absolute atomic E-state index is 0.00152. The van der Waals surface area contributed by atoms with Crippen molar-refractivity contribution in [2.75, 3.05) is 0 Å². The van der Waals surface area contributed by atoms with Gasteiger partial charge >= 0.3 is 0 Å². The summed E-state index contributed by atoms with van der Waals surface area (Å²) in [5, 5.41) is 3.15. The standard InChI is InChI=1S/C22H29NO2/c1-15(2)14-20(19-11-7-6-8-12-19)23-22(24)18(5)25-21-13-9-10-16(3)17(21)4/h6-13,15,18,20H,14H2,1-5H3,(H,23,24)/t18-,20-/m1/s1. The predicted octanol–water partition coefficient (Wildman–Crippen LogP) is 4.97. The first-order valence-corrected chi connectivity index (χ1v) is 8.96. The van der Waals surface area contributed by atoms with Gasteiger partial charge in [-0.2, -0.15) is 0 Å². The molecule has 1 amide bonds. The zero-order valence-corrected chi connectivity index (χ0v) is 15.9. The lowest BCUT2D eigenvalue weighted by atomic mass is 9.97. The van der Waals surface area contributed by atoms with Crippen molar-refractivity contribution in [2.45, 2.75) is 53.2 Å². The van der Waals surface area contributed by atoms with Gasteiger partial charge in [0, 0.05) is 0 Å². The van der Waals surface area contributed by atoms with Crippen molar-refractivity contribution in [3.63, 3.8) is 0 Å². The molecule has 2 aromatic carbocycles. The van der Waals surface area contributed by atoms with Crippen LogP contribution in [0.2, 0.25) is 0 Å². The molecule has 134 valence electrons. The van der Waals surface area contributed by atoms with Crippen LogP contribution in [0.3, 0.4) is 0 Å². The van der Waals surface area contributed by atoms with Crippen LogP contribution >= 0.6 is 0 Å². The number of carbonyl (C=O) groups excluding carboxylic acids is 1. The normalized spacial score (nSPS) is 13.4. The Morgan fingerprint density at radius 3 is 2.32 bits per heavy atom. The lowest BCUT2D eigenvalue weighted by Crippen LogP contribution is -2.39. The summed E-state index contributed by atoms with van der Waals surface area (Å²) in [5.41, 5.74) is 3.36. The molecule has 0 unspecified atom stereocenters. The van der Waals surface area contributed by atoms with Gasteiger partial charge in [-0.3, -0.25) is 4.79 Å². The van der Waals surface area contributed by atoms with Gasteiger partial charge in [0.05, 0.1) is 6.04 Å². The van der Waals surface area contributed by atoms with E-state index in [9.17, 15) is 4.79 Å². The topological polar surface area (TPSA) is 38.3 Å². The number of aryl methyl sites for hydroxylation is 1. The molecule has 0 aromatic heterocycles. The fourth-order valence-electron chi connectivity index (χ4n) is 2.82. The summed E-state index contributed by atoms with van der Waals surface area (Å²) < 4.78 is 5.92. The smallest absolute Gasteiger partial charge is 0.261 e. The maximum Gasteiger partial charge on any atom is 0.261 e. The Kier molecular flexibility index (Phi) is 6.63. The van der Waals surface area contributed by atoms with Crippen LogP contribution in [0, 0.1) is 19.8 Å². The van der Waals surface area contributed by atoms with Crippen LogP contribution in [0.15, 0.2) is 48.5 Å². The maximum absolute atomic E-state index is 12.7. The van der Waals surface area contributed by atoms with Gasteiger partial charge in [0.1, 0.15) is 5.75 Å². The van der Waals surface area contributed by atoms with Gasteiger partial charge in [0.2, 0.25) is 0 Å². The number of hydrogen-bond donors (Lipinski definition) is 1. The Morgan fingerprint density at radius 1 is 1.00 bits per heavy atom. The Labute approximate surface area is 151 Å². The molecule has 0 spiro atoms. The van der Waals surface area contributed by atoms with Crippen LogP contribution in [0.25, 0.3) is 0 Å². The van der Waals surface area contributed by atoms with Gasteiger partial charge < -0.3 is 10.1 Å². The lowest BCUT2D eigenvalue weighted by molar-refractivity contribution is -0.128. The summed E-state index contributed by atoms with van der Waals surface area (Å²) in [4.78, 5) is 12.7. The number of rotatable bonds is 7. The first kappa shape index (κ1) is 19.0. The van der Waals surface area contributed by atoms with Gasteiger partial charge in [0.25, 0.3) is 5.91 Å². The zero-order chi connectivity index (χ0) is 18.4. The van der Waals surface area contributed by atoms with E-state index in [0.717, 1.165) is 28.9 Å². The number of ether oxygens (including phenoxy) is 1. The molecule has 0 heterocycles. The molecule has 0 radical (unpaired) electrons. The van der Waals surface area contributed by atoms with E-state index in [0.29, 0.717) is 5.92 Å². The van der Waals surface area contributed by atoms with Gasteiger partial charge in [-0.25, -0.2) is 0 Å². The molecule has 2 atom stereocenters. The second-order valence-electron chi connectivity index (χ2n) is 7.06. The summed E-state index contributed by atoms with van der Waals surface area (Å²) >= 11 is 0. The van der Waals surface area contributed by atoms with Crippen LogP contribution in [0.4, 0.5) is 0 Å². The predicted molar refractivity (Wildman–Crippen MR) is 103 cm³/mol. The summed E-state index contributed by atoms with van der Waals surface area (Å²) in [5.74, 6) is 1.17. The molecule has 1 N–H and O–H groups in total. The minimum Gasteiger partial charge on any atom is -0.481 e. The van der Waals surface area contributed by atoms with Crippen LogP contribution in [0.1, 0.15) is 49.9 Å². The van der Waals surface area contributed by atoms with E-state index >= 15 is 0 Å². The highest BCUT2D eigenvalue weighted by Crippen LogP contribution is 2.23. The van der Waals surface area contributed by atoms with E-state index in [2.05, 4.69) is 31.3 Å². The minimum atomic E-state index is -0.543. The quantitative estimate of drug-likeness (QED) is 0.773. The van der Waals surface area contributed by atoms with Crippen molar-refractivity contribution < 1.29 is 9.53 Å². The number of hydrogen-bond acceptors (Lipinski definition) is 2. The fourth-order valence-corrected chi connectivity index (χ4v) is 2.82. The van der Waals surface area contributed by atoms with Crippen LogP contribution in [-0.4, -0.2) is 12.0 Å². The van der Waals surface area contributed by atoms with Crippen molar-refractivity contribution in [2.24, 2.45) is 5.92 Å². The highest BCUT2D eigenvalue weighted by molar-refractivity contribution is 5.81. The average Bonchev–Trinajstić information content (AvgIpc) is 2.58. The SMILES string of the molecule is Cc1cccc(O[C@H](C)C(=O)N[C@H](CC(C)C)c2ccccc2)c1C. The molecular formula is C22H29NO2. The molecule has 0 fully saturated rings.